The lowest BCUT2D eigenvalue weighted by Crippen LogP contribution is -2.12. The second-order valence-electron chi connectivity index (χ2n) is 15.6. The first kappa shape index (κ1) is 33.4. The van der Waals surface area contributed by atoms with Gasteiger partial charge in [0.1, 0.15) is 0 Å². The zero-order chi connectivity index (χ0) is 37.7. The van der Waals surface area contributed by atoms with Crippen molar-refractivity contribution in [3.05, 3.63) is 206 Å². The van der Waals surface area contributed by atoms with Crippen LogP contribution in [-0.2, 0) is 0 Å². The second-order valence-corrected chi connectivity index (χ2v) is 15.6. The number of para-hydroxylation sites is 3. The monoisotopic (exact) mass is 730 g/mol. The molecular formula is C55H42N2. The first-order valence-corrected chi connectivity index (χ1v) is 20.4. The first-order chi connectivity index (χ1) is 28.3. The van der Waals surface area contributed by atoms with E-state index < -0.39 is 0 Å². The fourth-order valence-corrected chi connectivity index (χ4v) is 9.69. The molecule has 1 aliphatic carbocycles. The van der Waals surface area contributed by atoms with Crippen LogP contribution in [0.4, 0.5) is 17.1 Å². The van der Waals surface area contributed by atoms with Gasteiger partial charge in [0.2, 0.25) is 0 Å². The van der Waals surface area contributed by atoms with Crippen LogP contribution in [0.15, 0.2) is 200 Å². The molecule has 2 nitrogen and oxygen atoms in total. The quantitative estimate of drug-likeness (QED) is 0.148. The highest BCUT2D eigenvalue weighted by molar-refractivity contribution is 6.19. The van der Waals surface area contributed by atoms with Crippen LogP contribution in [0.1, 0.15) is 37.2 Å². The fraction of sp³-hybridized carbons (Fsp3) is 0.0909. The normalized spacial score (nSPS) is 13.3. The van der Waals surface area contributed by atoms with E-state index in [0.717, 1.165) is 11.4 Å². The minimum Gasteiger partial charge on any atom is -0.309 e. The van der Waals surface area contributed by atoms with Crippen LogP contribution in [0.3, 0.4) is 0 Å². The molecule has 2 heteroatoms. The Morgan fingerprint density at radius 3 is 1.61 bits per heavy atom. The average Bonchev–Trinajstić information content (AvgIpc) is 3.94. The van der Waals surface area contributed by atoms with Crippen molar-refractivity contribution in [1.82, 2.24) is 4.57 Å². The Balaban J connectivity index is 1.25. The third-order valence-electron chi connectivity index (χ3n) is 12.3. The number of aromatic nitrogens is 1. The number of hydrogen-bond donors (Lipinski definition) is 0. The summed E-state index contributed by atoms with van der Waals surface area (Å²) < 4.78 is 2.40. The lowest BCUT2D eigenvalue weighted by Gasteiger charge is -2.31. The Hall–Kier alpha value is -6.90. The summed E-state index contributed by atoms with van der Waals surface area (Å²) in [4.78, 5) is 2.54. The van der Waals surface area contributed by atoms with Gasteiger partial charge in [-0.1, -0.05) is 152 Å². The highest BCUT2D eigenvalue weighted by Gasteiger charge is 2.28. The van der Waals surface area contributed by atoms with Gasteiger partial charge in [0.05, 0.1) is 16.7 Å². The van der Waals surface area contributed by atoms with Crippen molar-refractivity contribution in [2.75, 3.05) is 4.90 Å². The van der Waals surface area contributed by atoms with E-state index in [1.165, 1.54) is 108 Å². The van der Waals surface area contributed by atoms with Crippen molar-refractivity contribution < 1.29 is 0 Å². The van der Waals surface area contributed by atoms with Crippen LogP contribution < -0.4 is 4.90 Å². The van der Waals surface area contributed by atoms with Crippen molar-refractivity contribution in [1.29, 1.82) is 0 Å². The minimum atomic E-state index is 0.517. The van der Waals surface area contributed by atoms with Crippen molar-refractivity contribution in [2.45, 2.75) is 31.6 Å². The number of fused-ring (bicyclic) bond motifs is 5. The van der Waals surface area contributed by atoms with Crippen molar-refractivity contribution in [3.8, 4) is 27.9 Å². The molecule has 0 saturated heterocycles. The van der Waals surface area contributed by atoms with Crippen LogP contribution in [0.25, 0.3) is 71.3 Å². The summed E-state index contributed by atoms with van der Waals surface area (Å²) in [5.74, 6) is 0.517. The van der Waals surface area contributed by atoms with Gasteiger partial charge >= 0.3 is 0 Å². The highest BCUT2D eigenvalue weighted by Crippen LogP contribution is 2.51. The molecule has 57 heavy (non-hydrogen) atoms. The molecule has 9 aromatic carbocycles. The predicted molar refractivity (Wildman–Crippen MR) is 243 cm³/mol. The molecular weight excluding hydrogens is 689 g/mol. The molecule has 0 aliphatic heterocycles. The van der Waals surface area contributed by atoms with Gasteiger partial charge in [0.15, 0.2) is 0 Å². The molecule has 11 rings (SSSR count). The zero-order valence-electron chi connectivity index (χ0n) is 31.9. The van der Waals surface area contributed by atoms with Gasteiger partial charge in [-0.25, -0.2) is 0 Å². The number of hydrogen-bond acceptors (Lipinski definition) is 1. The Morgan fingerprint density at radius 1 is 0.368 bits per heavy atom. The van der Waals surface area contributed by atoms with Gasteiger partial charge in [0.25, 0.3) is 0 Å². The summed E-state index contributed by atoms with van der Waals surface area (Å²) in [7, 11) is 0. The molecule has 1 heterocycles. The van der Waals surface area contributed by atoms with Crippen LogP contribution >= 0.6 is 0 Å². The summed E-state index contributed by atoms with van der Waals surface area (Å²) in [6, 6.07) is 73.9. The van der Waals surface area contributed by atoms with Crippen LogP contribution in [0, 0.1) is 0 Å². The molecule has 0 amide bonds. The maximum atomic E-state index is 2.54. The summed E-state index contributed by atoms with van der Waals surface area (Å²) >= 11 is 0. The predicted octanol–water partition coefficient (Wildman–Crippen LogP) is 15.6. The topological polar surface area (TPSA) is 8.17 Å². The van der Waals surface area contributed by atoms with E-state index in [1.54, 1.807) is 0 Å². The number of rotatable bonds is 7. The largest absolute Gasteiger partial charge is 0.309 e. The number of anilines is 3. The van der Waals surface area contributed by atoms with Gasteiger partial charge in [-0.3, -0.25) is 0 Å². The molecule has 0 N–H and O–H groups in total. The van der Waals surface area contributed by atoms with E-state index in [9.17, 15) is 0 Å². The summed E-state index contributed by atoms with van der Waals surface area (Å²) in [5, 5.41) is 7.77. The molecule has 0 bridgehead atoms. The van der Waals surface area contributed by atoms with E-state index in [1.807, 2.05) is 0 Å². The smallest absolute Gasteiger partial charge is 0.0618 e. The van der Waals surface area contributed by atoms with Gasteiger partial charge in [-0.2, -0.15) is 0 Å². The molecule has 272 valence electrons. The lowest BCUT2D eigenvalue weighted by molar-refractivity contribution is 0.735. The van der Waals surface area contributed by atoms with E-state index in [0.29, 0.717) is 5.92 Å². The second kappa shape index (κ2) is 14.0. The molecule has 1 fully saturated rings. The van der Waals surface area contributed by atoms with E-state index in [4.69, 9.17) is 0 Å². The number of nitrogens with zero attached hydrogens (tertiary/aromatic N) is 2. The summed E-state index contributed by atoms with van der Waals surface area (Å²) in [6.45, 7) is 0. The standard InChI is InChI=1S/C55H42N2/c1-5-17-38(18-6-1)41-30-33-48-50(35-41)54(40-21-13-14-22-40)47-32-29-42(39-19-7-2-8-20-39)36-51(47)55(48)56(43-23-9-3-10-24-43)45-31-34-53-49(37-45)46-27-15-16-28-52(46)57(53)44-25-11-4-12-26-44/h1-12,15-20,23-37,40H,13-14,21-22H2. The van der Waals surface area contributed by atoms with Gasteiger partial charge < -0.3 is 9.47 Å². The van der Waals surface area contributed by atoms with Crippen molar-refractivity contribution in [2.24, 2.45) is 0 Å². The Kier molecular flexibility index (Phi) is 8.21. The maximum absolute atomic E-state index is 2.54. The van der Waals surface area contributed by atoms with Gasteiger partial charge in [0, 0.05) is 38.6 Å². The molecule has 0 atom stereocenters. The van der Waals surface area contributed by atoms with Crippen molar-refractivity contribution in [3.63, 3.8) is 0 Å². The molecule has 1 aliphatic rings. The van der Waals surface area contributed by atoms with Gasteiger partial charge in [-0.15, -0.1) is 0 Å². The van der Waals surface area contributed by atoms with Gasteiger partial charge in [-0.05, 0) is 118 Å². The molecule has 1 aromatic heterocycles. The maximum Gasteiger partial charge on any atom is 0.0618 e. The SMILES string of the molecule is c1ccc(-c2ccc3c(N(c4ccccc4)c4ccc5c(c4)c4ccccc4n5-c4ccccc4)c4cc(-c5ccccc5)ccc4c(C4CCCC4)c3c2)cc1. The molecule has 1 saturated carbocycles. The van der Waals surface area contributed by atoms with Crippen LogP contribution in [0.5, 0.6) is 0 Å². The van der Waals surface area contributed by atoms with Crippen LogP contribution in [0.2, 0.25) is 0 Å². The minimum absolute atomic E-state index is 0.517. The third kappa shape index (κ3) is 5.71. The Labute approximate surface area is 333 Å². The third-order valence-corrected chi connectivity index (χ3v) is 12.3. The first-order valence-electron chi connectivity index (χ1n) is 20.4. The van der Waals surface area contributed by atoms with E-state index >= 15 is 0 Å². The van der Waals surface area contributed by atoms with Crippen LogP contribution in [-0.4, -0.2) is 4.57 Å². The Bertz CT molecular complexity index is 3050. The van der Waals surface area contributed by atoms with Crippen molar-refractivity contribution >= 4 is 60.4 Å². The summed E-state index contributed by atoms with van der Waals surface area (Å²) in [6.07, 6.45) is 5.01. The Morgan fingerprint density at radius 2 is 0.930 bits per heavy atom. The zero-order valence-corrected chi connectivity index (χ0v) is 31.9. The van der Waals surface area contributed by atoms with E-state index in [-0.39, 0.29) is 0 Å². The molecule has 10 aromatic rings. The van der Waals surface area contributed by atoms with E-state index in [2.05, 4.69) is 210 Å². The summed E-state index contributed by atoms with van der Waals surface area (Å²) in [5.41, 5.74) is 13.5. The lowest BCUT2D eigenvalue weighted by atomic mass is 9.84. The molecule has 0 spiro atoms. The fourth-order valence-electron chi connectivity index (χ4n) is 9.69. The highest BCUT2D eigenvalue weighted by atomic mass is 15.1. The average molecular weight is 731 g/mol. The molecule has 0 unspecified atom stereocenters. The molecule has 0 radical (unpaired) electrons. The number of benzene rings is 9.